The number of rotatable bonds is 18. The predicted molar refractivity (Wildman–Crippen MR) is 318 cm³/mol. The van der Waals surface area contributed by atoms with Gasteiger partial charge in [-0.2, -0.15) is 30.1 Å². The van der Waals surface area contributed by atoms with Crippen LogP contribution in [0.1, 0.15) is 182 Å². The molecule has 0 radical (unpaired) electrons. The van der Waals surface area contributed by atoms with Crippen molar-refractivity contribution in [3.8, 4) is 0 Å². The lowest BCUT2D eigenvalue weighted by Gasteiger charge is -2.32. The first-order chi connectivity index (χ1) is 39.4. The minimum absolute atomic E-state index is 0.00898. The van der Waals surface area contributed by atoms with Gasteiger partial charge in [-0.25, -0.2) is 9.36 Å². The fraction of sp³-hybridized carbons (Fsp3) is 0.804. The fourth-order valence-electron chi connectivity index (χ4n) is 11.8. The number of carbonyl (C=O) groups excluding carboxylic acids is 1. The maximum Gasteiger partial charge on any atom is 0.357 e. The summed E-state index contributed by atoms with van der Waals surface area (Å²) in [6, 6.07) is 0.376. The average Bonchev–Trinajstić information content (AvgIpc) is 1.67. The molecule has 0 aromatic carbocycles. The van der Waals surface area contributed by atoms with Crippen LogP contribution in [-0.2, 0) is 69.9 Å². The molecule has 25 nitrogen and oxygen atoms in total. The lowest BCUT2D eigenvalue weighted by Crippen LogP contribution is -2.38. The number of ether oxygens (including phenoxy) is 8. The van der Waals surface area contributed by atoms with E-state index in [1.807, 2.05) is 111 Å². The first-order valence-corrected chi connectivity index (χ1v) is 33.6. The Kier molecular flexibility index (Phi) is 19.5. The fourth-order valence-corrected chi connectivity index (χ4v) is 16.4. The number of halogens is 2. The van der Waals surface area contributed by atoms with Crippen molar-refractivity contribution >= 4 is 78.0 Å². The number of amides is 1. The van der Waals surface area contributed by atoms with E-state index < -0.39 is 98.2 Å². The van der Waals surface area contributed by atoms with Crippen LogP contribution in [0.2, 0.25) is 10.6 Å². The average molecular weight is 1270 g/mol. The smallest absolute Gasteiger partial charge is 0.357 e. The zero-order chi connectivity index (χ0) is 62.0. The zero-order valence-electron chi connectivity index (χ0n) is 52.2. The van der Waals surface area contributed by atoms with E-state index in [9.17, 15) is 13.9 Å². The number of fused-ring (bicyclic) bond motifs is 4. The normalized spacial score (nSPS) is 26.6. The summed E-state index contributed by atoms with van der Waals surface area (Å²) in [5, 5.41) is 14.2. The predicted octanol–water partition coefficient (Wildman–Crippen LogP) is 12.0. The monoisotopic (exact) mass is 1270 g/mol. The van der Waals surface area contributed by atoms with E-state index in [1.165, 1.54) is 19.8 Å². The first-order valence-electron chi connectivity index (χ1n) is 29.4. The molecular weight excluding hydrogens is 1190 g/mol. The minimum atomic E-state index is -3.64. The third-order valence-corrected chi connectivity index (χ3v) is 18.9. The van der Waals surface area contributed by atoms with Crippen LogP contribution in [0.15, 0.2) is 12.4 Å². The molecule has 10 rings (SSSR count). The van der Waals surface area contributed by atoms with E-state index in [0.717, 1.165) is 43.9 Å². The highest BCUT2D eigenvalue weighted by Gasteiger charge is 2.58. The Labute approximate surface area is 508 Å². The standard InChI is InChI=1S/C29H45ClN5O8P.C27H43ClN5O7P/c1-17(36)34(18-12-10-11-13-18)23-19-14-31-35(24(19)33-26(30)32-23)25-22-21(40-29(8,9)41-22)20(39-25)15-38-16-44(37,42-27(2,3)4)43-28(5,6)7;1-25(2,3)39-41(34,40-26(4,5)6)15-35-14-18-19-20(38-27(7,8)37-19)23(36-18)33-22-17(13-29-33)21(31-24(28)32-22)30-16-11-9-10-12-16/h14,18,20-22,25H,10-13,15-16H2,1-9H3;13,16,18-20,23H,9-12,14-15H2,1-8H3,(H,30,31,32)/t20-,21-,22-,25-;18-,19-,20-,23-/m11/s1. The van der Waals surface area contributed by atoms with E-state index in [4.69, 9.17) is 79.2 Å². The quantitative estimate of drug-likeness (QED) is 0.0716. The molecule has 1 amide bonds. The summed E-state index contributed by atoms with van der Waals surface area (Å²) in [6.07, 6.45) is 6.64. The summed E-state index contributed by atoms with van der Waals surface area (Å²) in [4.78, 5) is 32.4. The highest BCUT2D eigenvalue weighted by atomic mass is 35.5. The van der Waals surface area contributed by atoms with Gasteiger partial charge in [0.1, 0.15) is 55.1 Å². The van der Waals surface area contributed by atoms with Gasteiger partial charge in [-0.1, -0.05) is 25.7 Å². The topological polar surface area (TPSA) is 264 Å². The molecule has 0 unspecified atom stereocenters. The number of nitrogens with zero attached hydrogens (tertiary/aromatic N) is 9. The molecule has 4 saturated heterocycles. The molecule has 8 heterocycles. The van der Waals surface area contributed by atoms with Gasteiger partial charge in [-0.3, -0.25) is 18.8 Å². The van der Waals surface area contributed by atoms with Gasteiger partial charge < -0.3 is 61.3 Å². The van der Waals surface area contributed by atoms with Gasteiger partial charge in [-0.15, -0.1) is 0 Å². The van der Waals surface area contributed by atoms with Crippen LogP contribution in [0.5, 0.6) is 0 Å². The Morgan fingerprint density at radius 2 is 1.00 bits per heavy atom. The summed E-state index contributed by atoms with van der Waals surface area (Å²) in [5.74, 6) is -0.778. The molecular formula is C56H88Cl2N10O15P2. The lowest BCUT2D eigenvalue weighted by molar-refractivity contribution is -0.202. The van der Waals surface area contributed by atoms with Crippen molar-refractivity contribution < 1.29 is 69.9 Å². The Morgan fingerprint density at radius 1 is 0.612 bits per heavy atom. The van der Waals surface area contributed by atoms with Crippen molar-refractivity contribution in [1.82, 2.24) is 39.5 Å². The SMILES string of the molecule is CC(=O)N(c1nc(Cl)nc2c1cnn2[C@@H]1O[C@H](COCP(=O)(OC(C)(C)C)OC(C)(C)C)[C@H]2OC(C)(C)O[C@H]21)C1CCCC1.CC(C)(C)OP(=O)(COC[C@H]1O[C@@H](n2ncc3c(NC4CCCC4)nc(Cl)nc32)[C@@H]2OC(C)(C)O[C@@H]21)OC(C)(C)C. The second-order valence-corrected chi connectivity index (χ2v) is 31.9. The van der Waals surface area contributed by atoms with Crippen LogP contribution >= 0.6 is 38.4 Å². The minimum Gasteiger partial charge on any atom is -0.367 e. The Hall–Kier alpha value is -3.07. The van der Waals surface area contributed by atoms with Crippen LogP contribution in [0.4, 0.5) is 11.6 Å². The molecule has 4 aromatic heterocycles. The second-order valence-electron chi connectivity index (χ2n) is 27.6. The van der Waals surface area contributed by atoms with Crippen molar-refractivity contribution in [3.63, 3.8) is 0 Å². The van der Waals surface area contributed by atoms with Crippen LogP contribution in [0, 0.1) is 0 Å². The third kappa shape index (κ3) is 16.5. The molecule has 4 aliphatic heterocycles. The molecule has 2 saturated carbocycles. The van der Waals surface area contributed by atoms with Gasteiger partial charge in [0.15, 0.2) is 41.1 Å². The van der Waals surface area contributed by atoms with E-state index in [0.29, 0.717) is 34.4 Å². The number of carbonyl (C=O) groups is 1. The van der Waals surface area contributed by atoms with Gasteiger partial charge in [-0.05, 0) is 160 Å². The van der Waals surface area contributed by atoms with Crippen molar-refractivity contribution in [2.45, 2.75) is 264 Å². The molecule has 476 valence electrons. The van der Waals surface area contributed by atoms with Crippen molar-refractivity contribution in [2.75, 3.05) is 36.1 Å². The number of hydrogen-bond donors (Lipinski definition) is 1. The second kappa shape index (κ2) is 25.0. The number of hydrogen-bond acceptors (Lipinski definition) is 22. The van der Waals surface area contributed by atoms with E-state index >= 15 is 0 Å². The molecule has 0 bridgehead atoms. The Morgan fingerprint density at radius 3 is 1.42 bits per heavy atom. The Bertz CT molecular complexity index is 3070. The highest BCUT2D eigenvalue weighted by Crippen LogP contribution is 2.56. The summed E-state index contributed by atoms with van der Waals surface area (Å²) in [5.41, 5.74) is -1.86. The van der Waals surface area contributed by atoms with E-state index in [2.05, 4.69) is 35.5 Å². The van der Waals surface area contributed by atoms with Crippen LogP contribution in [-0.4, -0.2) is 154 Å². The molecule has 29 heteroatoms. The van der Waals surface area contributed by atoms with E-state index in [-0.39, 0.29) is 48.4 Å². The largest absolute Gasteiger partial charge is 0.367 e. The van der Waals surface area contributed by atoms with Crippen molar-refractivity contribution in [3.05, 3.63) is 23.0 Å². The zero-order valence-corrected chi connectivity index (χ0v) is 55.5. The highest BCUT2D eigenvalue weighted by molar-refractivity contribution is 7.54. The first kappa shape index (κ1) is 66.4. The Balaban J connectivity index is 0.000000204. The summed E-state index contributed by atoms with van der Waals surface area (Å²) in [6.45, 7) is 30.8. The molecule has 6 aliphatic rings. The summed E-state index contributed by atoms with van der Waals surface area (Å²) < 4.78 is 104. The number of anilines is 2. The number of nitrogens with one attached hydrogen (secondary N) is 1. The molecule has 0 spiro atoms. The maximum atomic E-state index is 13.7. The molecule has 8 atom stereocenters. The van der Waals surface area contributed by atoms with Gasteiger partial charge in [0.2, 0.25) is 16.5 Å². The maximum absolute atomic E-state index is 13.7. The summed E-state index contributed by atoms with van der Waals surface area (Å²) >= 11 is 12.8. The van der Waals surface area contributed by atoms with Crippen molar-refractivity contribution in [1.29, 1.82) is 0 Å². The van der Waals surface area contributed by atoms with Gasteiger partial charge in [0.25, 0.3) is 0 Å². The molecule has 85 heavy (non-hydrogen) atoms. The molecule has 4 aromatic rings. The van der Waals surface area contributed by atoms with Crippen molar-refractivity contribution in [2.24, 2.45) is 0 Å². The van der Waals surface area contributed by atoms with Gasteiger partial charge in [0.05, 0.1) is 58.8 Å². The summed E-state index contributed by atoms with van der Waals surface area (Å²) in [7, 11) is -7.24. The van der Waals surface area contributed by atoms with E-state index in [1.54, 1.807) is 26.7 Å². The van der Waals surface area contributed by atoms with Crippen LogP contribution < -0.4 is 10.2 Å². The molecule has 1 N–H and O–H groups in total. The van der Waals surface area contributed by atoms with Crippen LogP contribution in [0.3, 0.4) is 0 Å². The lowest BCUT2D eigenvalue weighted by atomic mass is 10.1. The van der Waals surface area contributed by atoms with Gasteiger partial charge in [0, 0.05) is 19.0 Å². The molecule has 2 aliphatic carbocycles. The molecule has 6 fully saturated rings. The van der Waals surface area contributed by atoms with Crippen LogP contribution in [0.25, 0.3) is 22.1 Å². The van der Waals surface area contributed by atoms with Gasteiger partial charge >= 0.3 is 15.2 Å². The number of aromatic nitrogens is 8. The third-order valence-electron chi connectivity index (χ3n) is 14.2.